The van der Waals surface area contributed by atoms with Gasteiger partial charge in [-0.3, -0.25) is 4.79 Å². The van der Waals surface area contributed by atoms with Crippen molar-refractivity contribution in [3.63, 3.8) is 0 Å². The highest BCUT2D eigenvalue weighted by Gasteiger charge is 2.28. The third-order valence-electron chi connectivity index (χ3n) is 5.28. The molecule has 180 valence electrons. The van der Waals surface area contributed by atoms with Crippen molar-refractivity contribution < 1.29 is 13.2 Å². The summed E-state index contributed by atoms with van der Waals surface area (Å²) in [6, 6.07) is 20.5. The van der Waals surface area contributed by atoms with Crippen LogP contribution in [0.25, 0.3) is 0 Å². The Morgan fingerprint density at radius 2 is 1.53 bits per heavy atom. The highest BCUT2D eigenvalue weighted by atomic mass is 35.5. The Kier molecular flexibility index (Phi) is 9.39. The van der Waals surface area contributed by atoms with Crippen LogP contribution in [0.4, 0.5) is 0 Å². The fourth-order valence-electron chi connectivity index (χ4n) is 3.42. The van der Waals surface area contributed by atoms with E-state index in [1.165, 1.54) is 29.8 Å². The highest BCUT2D eigenvalue weighted by Crippen LogP contribution is 2.28. The SMILES string of the molecule is C[C@H](CCc1ccccc1)NC(=O)CN(Cc1c(Cl)cccc1Cl)S(=O)(=O)c1ccc(Cl)cc1. The smallest absolute Gasteiger partial charge is 0.243 e. The first-order valence-corrected chi connectivity index (χ1v) is 13.3. The molecule has 0 aliphatic heterocycles. The molecular weight excluding hydrogens is 515 g/mol. The van der Waals surface area contributed by atoms with Crippen LogP contribution in [0.3, 0.4) is 0 Å². The molecule has 1 atom stereocenters. The lowest BCUT2D eigenvalue weighted by Crippen LogP contribution is -2.43. The van der Waals surface area contributed by atoms with E-state index in [4.69, 9.17) is 34.8 Å². The van der Waals surface area contributed by atoms with Crippen LogP contribution in [-0.4, -0.2) is 31.2 Å². The third-order valence-corrected chi connectivity index (χ3v) is 8.05. The molecule has 0 aliphatic rings. The number of halogens is 3. The Morgan fingerprint density at radius 1 is 0.912 bits per heavy atom. The van der Waals surface area contributed by atoms with Gasteiger partial charge in [0.05, 0.1) is 11.4 Å². The Balaban J connectivity index is 1.77. The molecule has 0 radical (unpaired) electrons. The lowest BCUT2D eigenvalue weighted by atomic mass is 10.1. The summed E-state index contributed by atoms with van der Waals surface area (Å²) in [6.07, 6.45) is 1.51. The second-order valence-electron chi connectivity index (χ2n) is 7.92. The van der Waals surface area contributed by atoms with E-state index in [1.807, 2.05) is 37.3 Å². The molecule has 0 aromatic heterocycles. The van der Waals surface area contributed by atoms with Gasteiger partial charge in [0.2, 0.25) is 15.9 Å². The summed E-state index contributed by atoms with van der Waals surface area (Å²) in [6.45, 7) is 1.35. The summed E-state index contributed by atoms with van der Waals surface area (Å²) in [7, 11) is -4.04. The normalized spacial score (nSPS) is 12.5. The largest absolute Gasteiger partial charge is 0.352 e. The van der Waals surface area contributed by atoms with E-state index >= 15 is 0 Å². The molecule has 9 heteroatoms. The molecule has 3 aromatic carbocycles. The second-order valence-corrected chi connectivity index (χ2v) is 11.1. The number of carbonyl (C=O) groups is 1. The summed E-state index contributed by atoms with van der Waals surface area (Å²) in [5.41, 5.74) is 1.59. The van der Waals surface area contributed by atoms with Crippen LogP contribution in [0, 0.1) is 0 Å². The van der Waals surface area contributed by atoms with Gasteiger partial charge in [0.1, 0.15) is 0 Å². The average molecular weight is 540 g/mol. The number of aryl methyl sites for hydroxylation is 1. The van der Waals surface area contributed by atoms with E-state index in [0.717, 1.165) is 17.1 Å². The van der Waals surface area contributed by atoms with Crippen LogP contribution in [0.2, 0.25) is 15.1 Å². The second kappa shape index (κ2) is 12.0. The predicted octanol–water partition coefficient (Wildman–Crippen LogP) is 5.98. The molecular formula is C25H25Cl3N2O3S. The molecule has 0 bridgehead atoms. The standard InChI is InChI=1S/C25H25Cl3N2O3S/c1-18(10-11-19-6-3-2-4-7-19)29-25(31)17-30(16-22-23(27)8-5-9-24(22)28)34(32,33)21-14-12-20(26)13-15-21/h2-9,12-15,18H,10-11,16-17H2,1H3,(H,29,31)/t18-/m1/s1. The molecule has 0 saturated heterocycles. The third kappa shape index (κ3) is 7.20. The average Bonchev–Trinajstić information content (AvgIpc) is 2.80. The molecule has 1 N–H and O–H groups in total. The molecule has 0 unspecified atom stereocenters. The van der Waals surface area contributed by atoms with E-state index in [9.17, 15) is 13.2 Å². The minimum Gasteiger partial charge on any atom is -0.352 e. The van der Waals surface area contributed by atoms with Crippen molar-refractivity contribution >= 4 is 50.7 Å². The van der Waals surface area contributed by atoms with Gasteiger partial charge in [-0.05, 0) is 61.7 Å². The van der Waals surface area contributed by atoms with Gasteiger partial charge in [-0.15, -0.1) is 0 Å². The summed E-state index contributed by atoms with van der Waals surface area (Å²) >= 11 is 18.5. The summed E-state index contributed by atoms with van der Waals surface area (Å²) in [5, 5.41) is 3.94. The molecule has 0 heterocycles. The van der Waals surface area contributed by atoms with Gasteiger partial charge in [-0.1, -0.05) is 71.2 Å². The van der Waals surface area contributed by atoms with Crippen molar-refractivity contribution in [2.24, 2.45) is 0 Å². The molecule has 34 heavy (non-hydrogen) atoms. The molecule has 0 aliphatic carbocycles. The minimum atomic E-state index is -4.04. The zero-order valence-electron chi connectivity index (χ0n) is 18.5. The molecule has 3 rings (SSSR count). The zero-order valence-corrected chi connectivity index (χ0v) is 21.6. The van der Waals surface area contributed by atoms with Crippen LogP contribution in [0.1, 0.15) is 24.5 Å². The van der Waals surface area contributed by atoms with E-state index < -0.39 is 15.9 Å². The van der Waals surface area contributed by atoms with E-state index in [-0.39, 0.29) is 24.0 Å². The number of nitrogens with one attached hydrogen (secondary N) is 1. The van der Waals surface area contributed by atoms with Gasteiger partial charge in [0, 0.05) is 33.2 Å². The molecule has 0 spiro atoms. The van der Waals surface area contributed by atoms with Gasteiger partial charge in [-0.25, -0.2) is 8.42 Å². The monoisotopic (exact) mass is 538 g/mol. The summed E-state index contributed by atoms with van der Waals surface area (Å²) in [4.78, 5) is 12.9. The molecule has 1 amide bonds. The van der Waals surface area contributed by atoms with E-state index in [0.29, 0.717) is 20.6 Å². The Bertz CT molecular complexity index is 1200. The number of carbonyl (C=O) groups excluding carboxylic acids is 1. The van der Waals surface area contributed by atoms with Gasteiger partial charge < -0.3 is 5.32 Å². The number of nitrogens with zero attached hydrogens (tertiary/aromatic N) is 1. The van der Waals surface area contributed by atoms with Gasteiger partial charge >= 0.3 is 0 Å². The quantitative estimate of drug-likeness (QED) is 0.345. The maximum atomic E-state index is 13.4. The molecule has 0 saturated carbocycles. The molecule has 3 aromatic rings. The fraction of sp³-hybridized carbons (Fsp3) is 0.240. The van der Waals surface area contributed by atoms with E-state index in [2.05, 4.69) is 5.32 Å². The van der Waals surface area contributed by atoms with Crippen molar-refractivity contribution in [1.82, 2.24) is 9.62 Å². The predicted molar refractivity (Wildman–Crippen MR) is 138 cm³/mol. The Morgan fingerprint density at radius 3 is 2.15 bits per heavy atom. The number of benzene rings is 3. The van der Waals surface area contributed by atoms with Crippen molar-refractivity contribution in [2.75, 3.05) is 6.54 Å². The maximum Gasteiger partial charge on any atom is 0.243 e. The minimum absolute atomic E-state index is 0.0185. The van der Waals surface area contributed by atoms with Crippen LogP contribution in [0.5, 0.6) is 0 Å². The number of sulfonamides is 1. The van der Waals surface area contributed by atoms with Crippen molar-refractivity contribution in [3.05, 3.63) is 99.0 Å². The molecule has 0 fully saturated rings. The van der Waals surface area contributed by atoms with Gasteiger partial charge in [0.15, 0.2) is 0 Å². The van der Waals surface area contributed by atoms with E-state index in [1.54, 1.807) is 18.2 Å². The topological polar surface area (TPSA) is 66.5 Å². The van der Waals surface area contributed by atoms with Crippen molar-refractivity contribution in [3.8, 4) is 0 Å². The van der Waals surface area contributed by atoms with Gasteiger partial charge in [-0.2, -0.15) is 4.31 Å². The van der Waals surface area contributed by atoms with Crippen molar-refractivity contribution in [2.45, 2.75) is 37.2 Å². The number of rotatable bonds is 10. The summed E-state index contributed by atoms with van der Waals surface area (Å²) < 4.78 is 27.9. The maximum absolute atomic E-state index is 13.4. The van der Waals surface area contributed by atoms with Crippen molar-refractivity contribution in [1.29, 1.82) is 0 Å². The van der Waals surface area contributed by atoms with Gasteiger partial charge in [0.25, 0.3) is 0 Å². The lowest BCUT2D eigenvalue weighted by molar-refractivity contribution is -0.122. The highest BCUT2D eigenvalue weighted by molar-refractivity contribution is 7.89. The van der Waals surface area contributed by atoms with Crippen LogP contribution in [-0.2, 0) is 27.8 Å². The number of hydrogen-bond acceptors (Lipinski definition) is 3. The molecule has 5 nitrogen and oxygen atoms in total. The first-order chi connectivity index (χ1) is 16.2. The van der Waals surface area contributed by atoms with Crippen LogP contribution >= 0.6 is 34.8 Å². The van der Waals surface area contributed by atoms with Crippen LogP contribution < -0.4 is 5.32 Å². The first kappa shape index (κ1) is 26.5. The lowest BCUT2D eigenvalue weighted by Gasteiger charge is -2.24. The Hall–Kier alpha value is -2.09. The number of amides is 1. The van der Waals surface area contributed by atoms with Crippen LogP contribution in [0.15, 0.2) is 77.7 Å². The Labute approximate surface area is 215 Å². The summed E-state index contributed by atoms with van der Waals surface area (Å²) in [5.74, 6) is -0.415. The fourth-order valence-corrected chi connectivity index (χ4v) is 5.43. The number of hydrogen-bond donors (Lipinski definition) is 1. The first-order valence-electron chi connectivity index (χ1n) is 10.7. The zero-order chi connectivity index (χ0) is 24.7.